The molecular weight excluding hydrogens is 192 g/mol. The summed E-state index contributed by atoms with van der Waals surface area (Å²) in [4.78, 5) is 23.3. The van der Waals surface area contributed by atoms with Crippen LogP contribution in [0.5, 0.6) is 0 Å². The second kappa shape index (κ2) is 2.60. The summed E-state index contributed by atoms with van der Waals surface area (Å²) >= 11 is 0. The van der Waals surface area contributed by atoms with Gasteiger partial charge in [0.25, 0.3) is 0 Å². The third-order valence-corrected chi connectivity index (χ3v) is 3.95. The van der Waals surface area contributed by atoms with Crippen LogP contribution in [0.25, 0.3) is 0 Å². The molecular formula is C12H12O3. The van der Waals surface area contributed by atoms with Crippen LogP contribution in [0.1, 0.15) is 25.7 Å². The molecule has 1 aliphatic heterocycles. The Morgan fingerprint density at radius 3 is 3.07 bits per heavy atom. The summed E-state index contributed by atoms with van der Waals surface area (Å²) in [5.74, 6) is -0.307. The van der Waals surface area contributed by atoms with Crippen molar-refractivity contribution in [3.63, 3.8) is 0 Å². The molecule has 0 aromatic rings. The summed E-state index contributed by atoms with van der Waals surface area (Å²) < 4.78 is 4.76. The van der Waals surface area contributed by atoms with Crippen LogP contribution in [0.4, 0.5) is 0 Å². The predicted octanol–water partition coefficient (Wildman–Crippen LogP) is 1.74. The van der Waals surface area contributed by atoms with Gasteiger partial charge in [-0.2, -0.15) is 0 Å². The topological polar surface area (TPSA) is 43.4 Å². The molecule has 0 amide bonds. The summed E-state index contributed by atoms with van der Waals surface area (Å²) in [6.07, 6.45) is 5.10. The highest BCUT2D eigenvalue weighted by Crippen LogP contribution is 2.61. The molecule has 0 aromatic heterocycles. The van der Waals surface area contributed by atoms with Crippen molar-refractivity contribution in [3.8, 4) is 0 Å². The van der Waals surface area contributed by atoms with E-state index in [1.165, 1.54) is 0 Å². The molecule has 2 fully saturated rings. The molecule has 3 aliphatic rings. The van der Waals surface area contributed by atoms with Crippen molar-refractivity contribution in [2.75, 3.05) is 0 Å². The smallest absolute Gasteiger partial charge is 0.342 e. The van der Waals surface area contributed by atoms with Crippen LogP contribution in [0, 0.1) is 11.3 Å². The van der Waals surface area contributed by atoms with Gasteiger partial charge in [-0.1, -0.05) is 11.6 Å². The lowest BCUT2D eigenvalue weighted by molar-refractivity contribution is -0.155. The molecule has 3 nitrogen and oxygen atoms in total. The first-order chi connectivity index (χ1) is 7.19. The van der Waals surface area contributed by atoms with Crippen LogP contribution in [0.3, 0.4) is 0 Å². The van der Waals surface area contributed by atoms with Gasteiger partial charge in [-0.15, -0.1) is 6.58 Å². The largest absolute Gasteiger partial charge is 0.389 e. The summed E-state index contributed by atoms with van der Waals surface area (Å²) in [6.45, 7) is 3.69. The zero-order chi connectivity index (χ0) is 10.6. The summed E-state index contributed by atoms with van der Waals surface area (Å²) in [7, 11) is 0. The minimum Gasteiger partial charge on any atom is -0.389 e. The van der Waals surface area contributed by atoms with E-state index in [1.54, 1.807) is 6.08 Å². The molecule has 1 heterocycles. The number of carbonyl (C=O) groups is 2. The number of allylic oxidation sites excluding steroid dienone is 2. The quantitative estimate of drug-likeness (QED) is 0.391. The molecule has 78 valence electrons. The van der Waals surface area contributed by atoms with Crippen LogP contribution in [0.2, 0.25) is 0 Å². The fraction of sp³-hybridized carbons (Fsp3) is 0.500. The molecule has 1 spiro atoms. The van der Waals surface area contributed by atoms with E-state index in [2.05, 4.69) is 6.58 Å². The fourth-order valence-corrected chi connectivity index (χ4v) is 3.35. The summed E-state index contributed by atoms with van der Waals surface area (Å²) in [6, 6.07) is 0. The molecule has 2 aliphatic carbocycles. The Morgan fingerprint density at radius 1 is 1.53 bits per heavy atom. The number of esters is 2. The SMILES string of the molecule is C=CCC1=C2C(=O)OC(=O)C23CCC1C3. The van der Waals surface area contributed by atoms with Crippen molar-refractivity contribution >= 4 is 11.9 Å². The lowest BCUT2D eigenvalue weighted by Gasteiger charge is -2.17. The Morgan fingerprint density at radius 2 is 2.33 bits per heavy atom. The first kappa shape index (κ1) is 8.89. The number of hydrogen-bond acceptors (Lipinski definition) is 3. The maximum atomic E-state index is 11.7. The van der Waals surface area contributed by atoms with Crippen molar-refractivity contribution in [1.82, 2.24) is 0 Å². The highest BCUT2D eigenvalue weighted by molar-refractivity contribution is 6.11. The maximum absolute atomic E-state index is 11.7. The highest BCUT2D eigenvalue weighted by atomic mass is 16.6. The molecule has 3 heteroatoms. The van der Waals surface area contributed by atoms with Crippen LogP contribution in [0.15, 0.2) is 23.8 Å². The summed E-state index contributed by atoms with van der Waals surface area (Å²) in [5, 5.41) is 0. The lowest BCUT2D eigenvalue weighted by Crippen LogP contribution is -2.23. The van der Waals surface area contributed by atoms with Gasteiger partial charge in [0.2, 0.25) is 0 Å². The normalized spacial score (nSPS) is 37.2. The lowest BCUT2D eigenvalue weighted by atomic mass is 9.80. The van der Waals surface area contributed by atoms with E-state index in [-0.39, 0.29) is 5.97 Å². The van der Waals surface area contributed by atoms with Crippen molar-refractivity contribution in [3.05, 3.63) is 23.8 Å². The molecule has 2 atom stereocenters. The van der Waals surface area contributed by atoms with E-state index in [0.717, 1.165) is 24.8 Å². The van der Waals surface area contributed by atoms with Gasteiger partial charge in [-0.3, -0.25) is 4.79 Å². The van der Waals surface area contributed by atoms with Crippen LogP contribution in [-0.2, 0) is 14.3 Å². The number of hydrogen-bond donors (Lipinski definition) is 0. The third-order valence-electron chi connectivity index (χ3n) is 3.95. The average molecular weight is 204 g/mol. The number of cyclic esters (lactones) is 2. The van der Waals surface area contributed by atoms with Crippen LogP contribution in [-0.4, -0.2) is 11.9 Å². The molecule has 1 saturated heterocycles. The fourth-order valence-electron chi connectivity index (χ4n) is 3.35. The average Bonchev–Trinajstić information content (AvgIpc) is 2.80. The Bertz CT molecular complexity index is 419. The third kappa shape index (κ3) is 0.863. The second-order valence-electron chi connectivity index (χ2n) is 4.59. The zero-order valence-electron chi connectivity index (χ0n) is 8.41. The van der Waals surface area contributed by atoms with Crippen molar-refractivity contribution in [2.45, 2.75) is 25.7 Å². The van der Waals surface area contributed by atoms with Crippen LogP contribution >= 0.6 is 0 Å². The Balaban J connectivity index is 2.17. The van der Waals surface area contributed by atoms with Gasteiger partial charge in [0.05, 0.1) is 5.57 Å². The number of fused-ring (bicyclic) bond motifs is 1. The Hall–Kier alpha value is -1.38. The standard InChI is InChI=1S/C12H12O3/c1-2-3-8-7-4-5-12(6-7)9(8)10(13)15-11(12)14/h2,7H,1,3-6H2. The second-order valence-corrected chi connectivity index (χ2v) is 4.59. The molecule has 1 saturated carbocycles. The highest BCUT2D eigenvalue weighted by Gasteiger charge is 2.63. The van der Waals surface area contributed by atoms with Crippen molar-refractivity contribution in [1.29, 1.82) is 0 Å². The first-order valence-corrected chi connectivity index (χ1v) is 5.30. The van der Waals surface area contributed by atoms with E-state index in [9.17, 15) is 9.59 Å². The molecule has 3 rings (SSSR count). The van der Waals surface area contributed by atoms with E-state index >= 15 is 0 Å². The first-order valence-electron chi connectivity index (χ1n) is 5.30. The minimum atomic E-state index is -0.555. The van der Waals surface area contributed by atoms with Gasteiger partial charge in [-0.25, -0.2) is 4.79 Å². The van der Waals surface area contributed by atoms with Gasteiger partial charge in [0.15, 0.2) is 0 Å². The van der Waals surface area contributed by atoms with E-state index < -0.39 is 11.4 Å². The van der Waals surface area contributed by atoms with Gasteiger partial charge in [0, 0.05) is 0 Å². The molecule has 0 aromatic carbocycles. The van der Waals surface area contributed by atoms with Crippen LogP contribution < -0.4 is 0 Å². The maximum Gasteiger partial charge on any atom is 0.342 e. The Kier molecular flexibility index (Phi) is 1.54. The molecule has 15 heavy (non-hydrogen) atoms. The molecule has 2 unspecified atom stereocenters. The Labute approximate surface area is 87.8 Å². The van der Waals surface area contributed by atoms with Gasteiger partial charge >= 0.3 is 11.9 Å². The molecule has 0 radical (unpaired) electrons. The van der Waals surface area contributed by atoms with Gasteiger partial charge < -0.3 is 4.74 Å². The minimum absolute atomic E-state index is 0.316. The predicted molar refractivity (Wildman–Crippen MR) is 52.7 cm³/mol. The van der Waals surface area contributed by atoms with Crippen molar-refractivity contribution < 1.29 is 14.3 Å². The zero-order valence-corrected chi connectivity index (χ0v) is 8.41. The molecule has 0 N–H and O–H groups in total. The number of ether oxygens (including phenoxy) is 1. The van der Waals surface area contributed by atoms with Crippen molar-refractivity contribution in [2.24, 2.45) is 11.3 Å². The number of carbonyl (C=O) groups excluding carboxylic acids is 2. The summed E-state index contributed by atoms with van der Waals surface area (Å²) in [5.41, 5.74) is 1.22. The monoisotopic (exact) mass is 204 g/mol. The van der Waals surface area contributed by atoms with Gasteiger partial charge in [0.1, 0.15) is 5.41 Å². The van der Waals surface area contributed by atoms with Gasteiger partial charge in [-0.05, 0) is 31.6 Å². The molecule has 2 bridgehead atoms. The van der Waals surface area contributed by atoms with E-state index in [0.29, 0.717) is 17.9 Å². The number of rotatable bonds is 2. The van der Waals surface area contributed by atoms with E-state index in [4.69, 9.17) is 4.74 Å². The van der Waals surface area contributed by atoms with E-state index in [1.807, 2.05) is 0 Å².